The molecular formula is C12H15N3O3. The first kappa shape index (κ1) is 11.3. The Morgan fingerprint density at radius 1 is 1.44 bits per heavy atom. The lowest BCUT2D eigenvalue weighted by Gasteiger charge is -2.28. The Hall–Kier alpha value is -1.85. The van der Waals surface area contributed by atoms with E-state index in [1.165, 1.54) is 12.4 Å². The molecule has 18 heavy (non-hydrogen) atoms. The number of aromatic nitrogens is 2. The molecule has 1 aromatic heterocycles. The van der Waals surface area contributed by atoms with Crippen LogP contribution in [0, 0.1) is 17.8 Å². The van der Waals surface area contributed by atoms with Crippen LogP contribution >= 0.6 is 0 Å². The molecule has 0 saturated heterocycles. The molecule has 4 unspecified atom stereocenters. The molecule has 2 fully saturated rings. The fraction of sp³-hybridized carbons (Fsp3) is 0.583. The quantitative estimate of drug-likeness (QED) is 0.732. The summed E-state index contributed by atoms with van der Waals surface area (Å²) in [7, 11) is 0. The van der Waals surface area contributed by atoms with Crippen molar-refractivity contribution < 1.29 is 9.90 Å². The lowest BCUT2D eigenvalue weighted by atomic mass is 9.84. The first-order valence-electron chi connectivity index (χ1n) is 6.20. The fourth-order valence-corrected chi connectivity index (χ4v) is 3.47. The largest absolute Gasteiger partial charge is 0.481 e. The molecular weight excluding hydrogens is 234 g/mol. The van der Waals surface area contributed by atoms with Crippen LogP contribution in [0.3, 0.4) is 0 Å². The monoisotopic (exact) mass is 249 g/mol. The van der Waals surface area contributed by atoms with Crippen molar-refractivity contribution in [1.82, 2.24) is 9.97 Å². The SMILES string of the molecule is O=C(O)C1C2CCC(C2)C1Nc1ncc[nH]c1=O. The highest BCUT2D eigenvalue weighted by molar-refractivity contribution is 5.73. The van der Waals surface area contributed by atoms with Crippen LogP contribution in [0.15, 0.2) is 17.2 Å². The minimum atomic E-state index is -0.771. The van der Waals surface area contributed by atoms with Gasteiger partial charge in [-0.05, 0) is 31.1 Å². The topological polar surface area (TPSA) is 95.1 Å². The highest BCUT2D eigenvalue weighted by atomic mass is 16.4. The molecule has 3 rings (SSSR count). The zero-order chi connectivity index (χ0) is 12.7. The van der Waals surface area contributed by atoms with Crippen molar-refractivity contribution in [1.29, 1.82) is 0 Å². The molecule has 96 valence electrons. The van der Waals surface area contributed by atoms with Crippen LogP contribution in [0.1, 0.15) is 19.3 Å². The molecule has 3 N–H and O–H groups in total. The van der Waals surface area contributed by atoms with Gasteiger partial charge in [-0.1, -0.05) is 0 Å². The predicted molar refractivity (Wildman–Crippen MR) is 64.2 cm³/mol. The summed E-state index contributed by atoms with van der Waals surface area (Å²) in [6.07, 6.45) is 5.92. The second-order valence-electron chi connectivity index (χ2n) is 5.13. The van der Waals surface area contributed by atoms with Gasteiger partial charge in [0.15, 0.2) is 5.82 Å². The van der Waals surface area contributed by atoms with Crippen LogP contribution in [0.4, 0.5) is 5.82 Å². The summed E-state index contributed by atoms with van der Waals surface area (Å²) in [5, 5.41) is 12.3. The van der Waals surface area contributed by atoms with Crippen molar-refractivity contribution in [3.63, 3.8) is 0 Å². The summed E-state index contributed by atoms with van der Waals surface area (Å²) >= 11 is 0. The second-order valence-corrected chi connectivity index (χ2v) is 5.13. The number of fused-ring (bicyclic) bond motifs is 2. The predicted octanol–water partition coefficient (Wildman–Crippen LogP) is 0.681. The molecule has 6 nitrogen and oxygen atoms in total. The van der Waals surface area contributed by atoms with Crippen molar-refractivity contribution in [3.8, 4) is 0 Å². The molecule has 6 heteroatoms. The van der Waals surface area contributed by atoms with E-state index in [2.05, 4.69) is 15.3 Å². The lowest BCUT2D eigenvalue weighted by molar-refractivity contribution is -0.143. The van der Waals surface area contributed by atoms with E-state index in [-0.39, 0.29) is 23.3 Å². The number of rotatable bonds is 3. The summed E-state index contributed by atoms with van der Waals surface area (Å²) < 4.78 is 0. The van der Waals surface area contributed by atoms with Gasteiger partial charge in [-0.25, -0.2) is 4.98 Å². The number of nitrogens with one attached hydrogen (secondary N) is 2. The van der Waals surface area contributed by atoms with Crippen LogP contribution in [0.25, 0.3) is 0 Å². The molecule has 2 saturated carbocycles. The highest BCUT2D eigenvalue weighted by Gasteiger charge is 2.51. The number of carbonyl (C=O) groups is 1. The van der Waals surface area contributed by atoms with E-state index in [9.17, 15) is 14.7 Å². The van der Waals surface area contributed by atoms with Gasteiger partial charge < -0.3 is 15.4 Å². The van der Waals surface area contributed by atoms with Gasteiger partial charge in [-0.2, -0.15) is 0 Å². The number of H-pyrrole nitrogens is 1. The highest BCUT2D eigenvalue weighted by Crippen LogP contribution is 2.49. The van der Waals surface area contributed by atoms with Gasteiger partial charge in [0.2, 0.25) is 0 Å². The summed E-state index contributed by atoms with van der Waals surface area (Å²) in [4.78, 5) is 29.4. The van der Waals surface area contributed by atoms with Crippen molar-refractivity contribution in [3.05, 3.63) is 22.7 Å². The first-order valence-corrected chi connectivity index (χ1v) is 6.20. The molecule has 0 aromatic carbocycles. The average Bonchev–Trinajstić information content (AvgIpc) is 2.92. The number of nitrogens with zero attached hydrogens (tertiary/aromatic N) is 1. The molecule has 0 radical (unpaired) electrons. The number of aromatic amines is 1. The Kier molecular flexibility index (Phi) is 2.57. The Bertz CT molecular complexity index is 527. The van der Waals surface area contributed by atoms with Gasteiger partial charge in [0, 0.05) is 18.4 Å². The number of anilines is 1. The Morgan fingerprint density at radius 2 is 2.22 bits per heavy atom. The molecule has 2 aliphatic rings. The van der Waals surface area contributed by atoms with Gasteiger partial charge in [0.05, 0.1) is 5.92 Å². The van der Waals surface area contributed by atoms with Crippen molar-refractivity contribution in [2.75, 3.05) is 5.32 Å². The third kappa shape index (κ3) is 1.68. The van der Waals surface area contributed by atoms with Gasteiger partial charge in [0.1, 0.15) is 0 Å². The maximum atomic E-state index is 11.6. The number of carboxylic acid groups (broad SMARTS) is 1. The van der Waals surface area contributed by atoms with E-state index in [1.807, 2.05) is 0 Å². The lowest BCUT2D eigenvalue weighted by Crippen LogP contribution is -2.40. The Labute approximate surface area is 103 Å². The van der Waals surface area contributed by atoms with E-state index < -0.39 is 11.9 Å². The summed E-state index contributed by atoms with van der Waals surface area (Å²) in [5.74, 6) is -0.358. The Balaban J connectivity index is 1.86. The summed E-state index contributed by atoms with van der Waals surface area (Å²) in [5.41, 5.74) is -0.301. The third-order valence-corrected chi connectivity index (χ3v) is 4.21. The van der Waals surface area contributed by atoms with Crippen LogP contribution < -0.4 is 10.9 Å². The number of hydrogen-bond donors (Lipinski definition) is 3. The second kappa shape index (κ2) is 4.12. The molecule has 0 spiro atoms. The van der Waals surface area contributed by atoms with Crippen LogP contribution in [0.5, 0.6) is 0 Å². The van der Waals surface area contributed by atoms with E-state index in [0.717, 1.165) is 19.3 Å². The Morgan fingerprint density at radius 3 is 2.94 bits per heavy atom. The van der Waals surface area contributed by atoms with E-state index in [1.54, 1.807) is 0 Å². The molecule has 1 aromatic rings. The molecule has 0 amide bonds. The van der Waals surface area contributed by atoms with Crippen molar-refractivity contribution >= 4 is 11.8 Å². The minimum Gasteiger partial charge on any atom is -0.481 e. The average molecular weight is 249 g/mol. The van der Waals surface area contributed by atoms with E-state index in [4.69, 9.17) is 0 Å². The van der Waals surface area contributed by atoms with Crippen molar-refractivity contribution in [2.45, 2.75) is 25.3 Å². The fourth-order valence-electron chi connectivity index (χ4n) is 3.47. The molecule has 2 bridgehead atoms. The van der Waals surface area contributed by atoms with Crippen LogP contribution in [0.2, 0.25) is 0 Å². The molecule has 4 atom stereocenters. The number of hydrogen-bond acceptors (Lipinski definition) is 4. The van der Waals surface area contributed by atoms with Crippen LogP contribution in [-0.4, -0.2) is 27.1 Å². The maximum Gasteiger partial charge on any atom is 0.308 e. The van der Waals surface area contributed by atoms with Crippen LogP contribution in [-0.2, 0) is 4.79 Å². The summed E-state index contributed by atoms with van der Waals surface area (Å²) in [6, 6.07) is -0.169. The standard InChI is InChI=1S/C12H15N3O3/c16-11-10(13-3-4-14-11)15-9-7-2-1-6(5-7)8(9)12(17)18/h3-4,6-9H,1-2,5H2,(H,13,15)(H,14,16)(H,17,18). The zero-order valence-corrected chi connectivity index (χ0v) is 9.80. The van der Waals surface area contributed by atoms with E-state index in [0.29, 0.717) is 5.92 Å². The van der Waals surface area contributed by atoms with Gasteiger partial charge in [-0.15, -0.1) is 0 Å². The number of aliphatic carboxylic acids is 1. The van der Waals surface area contributed by atoms with Gasteiger partial charge in [0.25, 0.3) is 5.56 Å². The number of carboxylic acids is 1. The normalized spacial score (nSPS) is 33.6. The van der Waals surface area contributed by atoms with Gasteiger partial charge in [-0.3, -0.25) is 9.59 Å². The third-order valence-electron chi connectivity index (χ3n) is 4.21. The van der Waals surface area contributed by atoms with E-state index >= 15 is 0 Å². The molecule has 1 heterocycles. The van der Waals surface area contributed by atoms with Crippen molar-refractivity contribution in [2.24, 2.45) is 17.8 Å². The minimum absolute atomic E-state index is 0.169. The molecule has 0 aliphatic heterocycles. The first-order chi connectivity index (χ1) is 8.66. The summed E-state index contributed by atoms with van der Waals surface area (Å²) in [6.45, 7) is 0. The smallest absolute Gasteiger partial charge is 0.308 e. The van der Waals surface area contributed by atoms with Gasteiger partial charge >= 0.3 is 5.97 Å². The maximum absolute atomic E-state index is 11.6. The molecule has 2 aliphatic carbocycles. The zero-order valence-electron chi connectivity index (χ0n) is 9.80.